The first-order chi connectivity index (χ1) is 11.0. The topological polar surface area (TPSA) is 67.3 Å². The van der Waals surface area contributed by atoms with Crippen molar-refractivity contribution in [2.75, 3.05) is 11.5 Å². The van der Waals surface area contributed by atoms with Crippen molar-refractivity contribution in [1.82, 2.24) is 9.88 Å². The van der Waals surface area contributed by atoms with E-state index in [1.807, 2.05) is 35.7 Å². The van der Waals surface area contributed by atoms with Gasteiger partial charge in [-0.1, -0.05) is 30.3 Å². The van der Waals surface area contributed by atoms with Gasteiger partial charge >= 0.3 is 0 Å². The SMILES string of the molecule is O=C([C@H]1CCS(=O)(=O)C1)N(Cc1ccccc1)Cc1nccs1. The van der Waals surface area contributed by atoms with Gasteiger partial charge in [-0.2, -0.15) is 0 Å². The van der Waals surface area contributed by atoms with E-state index in [-0.39, 0.29) is 17.4 Å². The van der Waals surface area contributed by atoms with E-state index in [0.717, 1.165) is 10.6 Å². The van der Waals surface area contributed by atoms with E-state index in [2.05, 4.69) is 4.98 Å². The van der Waals surface area contributed by atoms with E-state index < -0.39 is 15.8 Å². The molecule has 23 heavy (non-hydrogen) atoms. The Balaban J connectivity index is 1.78. The number of thiazole rings is 1. The third-order valence-electron chi connectivity index (χ3n) is 3.92. The number of carbonyl (C=O) groups excluding carboxylic acids is 1. The van der Waals surface area contributed by atoms with Gasteiger partial charge < -0.3 is 4.90 Å². The molecule has 1 atom stereocenters. The predicted octanol–water partition coefficient (Wildman–Crippen LogP) is 2.11. The fourth-order valence-electron chi connectivity index (χ4n) is 2.76. The second kappa shape index (κ2) is 6.80. The zero-order chi connectivity index (χ0) is 16.3. The van der Waals surface area contributed by atoms with Crippen molar-refractivity contribution >= 4 is 27.1 Å². The largest absolute Gasteiger partial charge is 0.331 e. The molecule has 0 spiro atoms. The first-order valence-corrected chi connectivity index (χ1v) is 10.1. The first-order valence-electron chi connectivity index (χ1n) is 7.45. The number of carbonyl (C=O) groups is 1. The molecule has 7 heteroatoms. The maximum atomic E-state index is 12.8. The number of nitrogens with zero attached hydrogens (tertiary/aromatic N) is 2. The molecular weight excluding hydrogens is 332 g/mol. The van der Waals surface area contributed by atoms with Crippen molar-refractivity contribution < 1.29 is 13.2 Å². The van der Waals surface area contributed by atoms with Crippen LogP contribution in [-0.2, 0) is 27.7 Å². The number of sulfone groups is 1. The normalized spacial score (nSPS) is 19.6. The lowest BCUT2D eigenvalue weighted by Crippen LogP contribution is -2.35. The van der Waals surface area contributed by atoms with Crippen LogP contribution in [0.4, 0.5) is 0 Å². The molecular formula is C16H18N2O3S2. The summed E-state index contributed by atoms with van der Waals surface area (Å²) in [5.41, 5.74) is 1.03. The minimum atomic E-state index is -3.07. The van der Waals surface area contributed by atoms with Crippen molar-refractivity contribution in [2.45, 2.75) is 19.5 Å². The van der Waals surface area contributed by atoms with Crippen LogP contribution in [0.15, 0.2) is 41.9 Å². The van der Waals surface area contributed by atoms with Crippen LogP contribution in [0.1, 0.15) is 17.0 Å². The Morgan fingerprint density at radius 2 is 2.04 bits per heavy atom. The number of hydrogen-bond acceptors (Lipinski definition) is 5. The third kappa shape index (κ3) is 4.17. The van der Waals surface area contributed by atoms with Gasteiger partial charge in [0.2, 0.25) is 5.91 Å². The molecule has 0 bridgehead atoms. The number of benzene rings is 1. The molecule has 0 N–H and O–H groups in total. The zero-order valence-corrected chi connectivity index (χ0v) is 14.2. The van der Waals surface area contributed by atoms with Gasteiger partial charge in [0.1, 0.15) is 5.01 Å². The molecule has 2 heterocycles. The lowest BCUT2D eigenvalue weighted by atomic mass is 10.1. The predicted molar refractivity (Wildman–Crippen MR) is 89.6 cm³/mol. The minimum Gasteiger partial charge on any atom is -0.331 e. The minimum absolute atomic E-state index is 0.0327. The van der Waals surface area contributed by atoms with Crippen molar-refractivity contribution in [2.24, 2.45) is 5.92 Å². The Bertz CT molecular complexity index is 758. The Labute approximate surface area is 139 Å². The Kier molecular flexibility index (Phi) is 4.77. The smallest absolute Gasteiger partial charge is 0.227 e. The van der Waals surface area contributed by atoms with Gasteiger partial charge in [0, 0.05) is 18.1 Å². The van der Waals surface area contributed by atoms with Crippen LogP contribution in [0.3, 0.4) is 0 Å². The fourth-order valence-corrected chi connectivity index (χ4v) is 5.12. The monoisotopic (exact) mass is 350 g/mol. The van der Waals surface area contributed by atoms with Crippen LogP contribution in [-0.4, -0.2) is 35.7 Å². The van der Waals surface area contributed by atoms with Crippen LogP contribution in [0, 0.1) is 5.92 Å². The summed E-state index contributed by atoms with van der Waals surface area (Å²) in [7, 11) is -3.07. The maximum Gasteiger partial charge on any atom is 0.227 e. The Hall–Kier alpha value is -1.73. The van der Waals surface area contributed by atoms with E-state index in [4.69, 9.17) is 0 Å². The summed E-state index contributed by atoms with van der Waals surface area (Å²) >= 11 is 1.50. The van der Waals surface area contributed by atoms with E-state index >= 15 is 0 Å². The summed E-state index contributed by atoms with van der Waals surface area (Å²) in [5, 5.41) is 2.73. The number of aromatic nitrogens is 1. The summed E-state index contributed by atoms with van der Waals surface area (Å²) in [4.78, 5) is 18.8. The highest BCUT2D eigenvalue weighted by Gasteiger charge is 2.35. The van der Waals surface area contributed by atoms with E-state index in [1.54, 1.807) is 11.1 Å². The van der Waals surface area contributed by atoms with Gasteiger partial charge in [-0.15, -0.1) is 11.3 Å². The van der Waals surface area contributed by atoms with E-state index in [9.17, 15) is 13.2 Å². The quantitative estimate of drug-likeness (QED) is 0.828. The van der Waals surface area contributed by atoms with Crippen LogP contribution < -0.4 is 0 Å². The van der Waals surface area contributed by atoms with Crippen molar-refractivity contribution in [3.63, 3.8) is 0 Å². The van der Waals surface area contributed by atoms with Gasteiger partial charge in [-0.3, -0.25) is 4.79 Å². The molecule has 1 aliphatic rings. The van der Waals surface area contributed by atoms with Crippen LogP contribution in [0.25, 0.3) is 0 Å². The number of amides is 1. The summed E-state index contributed by atoms with van der Waals surface area (Å²) < 4.78 is 23.3. The molecule has 1 amide bonds. The molecule has 122 valence electrons. The Morgan fingerprint density at radius 1 is 1.26 bits per heavy atom. The summed E-state index contributed by atoms with van der Waals surface area (Å²) in [6.45, 7) is 0.887. The van der Waals surface area contributed by atoms with Crippen molar-refractivity contribution in [3.05, 3.63) is 52.5 Å². The fraction of sp³-hybridized carbons (Fsp3) is 0.375. The molecule has 5 nitrogen and oxygen atoms in total. The second-order valence-electron chi connectivity index (χ2n) is 5.71. The molecule has 1 saturated heterocycles. The summed E-state index contributed by atoms with van der Waals surface area (Å²) in [6.07, 6.45) is 2.13. The van der Waals surface area contributed by atoms with Crippen molar-refractivity contribution in [3.8, 4) is 0 Å². The van der Waals surface area contributed by atoms with Gasteiger partial charge in [0.25, 0.3) is 0 Å². The molecule has 3 rings (SSSR count). The number of rotatable bonds is 5. The van der Waals surface area contributed by atoms with Gasteiger partial charge in [0.15, 0.2) is 9.84 Å². The first kappa shape index (κ1) is 16.1. The third-order valence-corrected chi connectivity index (χ3v) is 6.45. The Morgan fingerprint density at radius 3 is 2.65 bits per heavy atom. The zero-order valence-electron chi connectivity index (χ0n) is 12.6. The average molecular weight is 350 g/mol. The van der Waals surface area contributed by atoms with Gasteiger partial charge in [-0.05, 0) is 12.0 Å². The molecule has 0 aliphatic carbocycles. The molecule has 1 aromatic heterocycles. The lowest BCUT2D eigenvalue weighted by molar-refractivity contribution is -0.136. The van der Waals surface area contributed by atoms with Crippen LogP contribution in [0.2, 0.25) is 0 Å². The molecule has 1 aliphatic heterocycles. The molecule has 0 unspecified atom stereocenters. The number of hydrogen-bond donors (Lipinski definition) is 0. The van der Waals surface area contributed by atoms with Crippen molar-refractivity contribution in [1.29, 1.82) is 0 Å². The molecule has 0 radical (unpaired) electrons. The molecule has 1 aromatic carbocycles. The lowest BCUT2D eigenvalue weighted by Gasteiger charge is -2.24. The molecule has 0 saturated carbocycles. The summed E-state index contributed by atoms with van der Waals surface area (Å²) in [6, 6.07) is 9.73. The molecule has 2 aromatic rings. The van der Waals surface area contributed by atoms with Gasteiger partial charge in [-0.25, -0.2) is 13.4 Å². The van der Waals surface area contributed by atoms with E-state index in [0.29, 0.717) is 19.5 Å². The highest BCUT2D eigenvalue weighted by molar-refractivity contribution is 7.91. The highest BCUT2D eigenvalue weighted by atomic mass is 32.2. The molecule has 1 fully saturated rings. The maximum absolute atomic E-state index is 12.8. The van der Waals surface area contributed by atoms with Gasteiger partial charge in [0.05, 0.1) is 24.0 Å². The highest BCUT2D eigenvalue weighted by Crippen LogP contribution is 2.23. The van der Waals surface area contributed by atoms with Crippen LogP contribution >= 0.6 is 11.3 Å². The second-order valence-corrected chi connectivity index (χ2v) is 8.91. The average Bonchev–Trinajstić information content (AvgIpc) is 3.16. The standard InChI is InChI=1S/C16H18N2O3S2/c19-16(14-6-9-23(20,21)12-14)18(11-15-17-7-8-22-15)10-13-4-2-1-3-5-13/h1-5,7-8,14H,6,9-12H2/t14-/m0/s1. The van der Waals surface area contributed by atoms with E-state index in [1.165, 1.54) is 11.3 Å². The van der Waals surface area contributed by atoms with Crippen LogP contribution in [0.5, 0.6) is 0 Å². The summed E-state index contributed by atoms with van der Waals surface area (Å²) in [5.74, 6) is -0.441.